The Labute approximate surface area is 92.7 Å². The van der Waals surface area contributed by atoms with Crippen molar-refractivity contribution in [2.75, 3.05) is 12.8 Å². The molecule has 4 nitrogen and oxygen atoms in total. The standard InChI is InChI=1S/C12H12N2O2/c1-16-11-5-4-8(7-10(11)13)9-3-2-6-14-12(9)15/h2-7H,13H2,1H3,(H,14,15). The van der Waals surface area contributed by atoms with Gasteiger partial charge in [-0.25, -0.2) is 0 Å². The van der Waals surface area contributed by atoms with E-state index in [1.807, 2.05) is 0 Å². The lowest BCUT2D eigenvalue weighted by Gasteiger charge is -2.06. The Morgan fingerprint density at radius 3 is 2.75 bits per heavy atom. The highest BCUT2D eigenvalue weighted by Crippen LogP contribution is 2.26. The number of nitrogens with one attached hydrogen (secondary N) is 1. The molecule has 16 heavy (non-hydrogen) atoms. The summed E-state index contributed by atoms with van der Waals surface area (Å²) in [7, 11) is 1.56. The molecule has 0 spiro atoms. The van der Waals surface area contributed by atoms with Crippen molar-refractivity contribution >= 4 is 5.69 Å². The number of pyridine rings is 1. The van der Waals surface area contributed by atoms with Crippen LogP contribution in [-0.4, -0.2) is 12.1 Å². The van der Waals surface area contributed by atoms with Crippen LogP contribution in [0.4, 0.5) is 5.69 Å². The highest BCUT2D eigenvalue weighted by molar-refractivity contribution is 5.69. The topological polar surface area (TPSA) is 68.1 Å². The number of benzene rings is 1. The zero-order chi connectivity index (χ0) is 11.5. The third-order valence-electron chi connectivity index (χ3n) is 2.36. The molecule has 1 aromatic carbocycles. The van der Waals surface area contributed by atoms with Gasteiger partial charge in [0.1, 0.15) is 5.75 Å². The fourth-order valence-corrected chi connectivity index (χ4v) is 1.55. The van der Waals surface area contributed by atoms with Gasteiger partial charge in [-0.05, 0) is 29.8 Å². The Balaban J connectivity index is 2.54. The first-order chi connectivity index (χ1) is 7.72. The van der Waals surface area contributed by atoms with Crippen LogP contribution >= 0.6 is 0 Å². The second-order valence-corrected chi connectivity index (χ2v) is 3.37. The molecular weight excluding hydrogens is 204 g/mol. The Morgan fingerprint density at radius 1 is 1.31 bits per heavy atom. The molecule has 0 bridgehead atoms. The van der Waals surface area contributed by atoms with Crippen molar-refractivity contribution in [3.05, 3.63) is 46.9 Å². The van der Waals surface area contributed by atoms with Crippen LogP contribution in [0.3, 0.4) is 0 Å². The summed E-state index contributed by atoms with van der Waals surface area (Å²) in [5.41, 5.74) is 7.54. The van der Waals surface area contributed by atoms with Gasteiger partial charge in [-0.15, -0.1) is 0 Å². The van der Waals surface area contributed by atoms with E-state index in [-0.39, 0.29) is 5.56 Å². The summed E-state index contributed by atoms with van der Waals surface area (Å²) in [5.74, 6) is 0.608. The van der Waals surface area contributed by atoms with Crippen molar-refractivity contribution in [2.24, 2.45) is 0 Å². The molecule has 4 heteroatoms. The summed E-state index contributed by atoms with van der Waals surface area (Å²) in [6, 6.07) is 8.80. The molecule has 1 aromatic heterocycles. The molecule has 0 fully saturated rings. The second-order valence-electron chi connectivity index (χ2n) is 3.37. The number of rotatable bonds is 2. The van der Waals surface area contributed by atoms with Gasteiger partial charge in [-0.2, -0.15) is 0 Å². The number of nitrogen functional groups attached to an aromatic ring is 1. The van der Waals surface area contributed by atoms with Crippen LogP contribution in [0.2, 0.25) is 0 Å². The molecule has 82 valence electrons. The van der Waals surface area contributed by atoms with Crippen LogP contribution in [0.1, 0.15) is 0 Å². The van der Waals surface area contributed by atoms with Crippen molar-refractivity contribution in [1.82, 2.24) is 4.98 Å². The Morgan fingerprint density at radius 2 is 2.12 bits per heavy atom. The maximum absolute atomic E-state index is 11.6. The van der Waals surface area contributed by atoms with E-state index < -0.39 is 0 Å². The maximum atomic E-state index is 11.6. The van der Waals surface area contributed by atoms with Crippen LogP contribution < -0.4 is 16.0 Å². The smallest absolute Gasteiger partial charge is 0.255 e. The van der Waals surface area contributed by atoms with E-state index in [2.05, 4.69) is 4.98 Å². The molecule has 0 aliphatic rings. The van der Waals surface area contributed by atoms with E-state index in [4.69, 9.17) is 10.5 Å². The number of aromatic nitrogens is 1. The van der Waals surface area contributed by atoms with Gasteiger partial charge >= 0.3 is 0 Å². The van der Waals surface area contributed by atoms with Crippen molar-refractivity contribution in [3.63, 3.8) is 0 Å². The van der Waals surface area contributed by atoms with Gasteiger partial charge in [0, 0.05) is 11.8 Å². The normalized spacial score (nSPS) is 10.1. The molecular formula is C12H12N2O2. The molecule has 3 N–H and O–H groups in total. The zero-order valence-corrected chi connectivity index (χ0v) is 8.86. The molecule has 0 saturated carbocycles. The van der Waals surface area contributed by atoms with Crippen LogP contribution in [-0.2, 0) is 0 Å². The third-order valence-corrected chi connectivity index (χ3v) is 2.36. The summed E-state index contributed by atoms with van der Waals surface area (Å²) in [6.07, 6.45) is 1.60. The first kappa shape index (κ1) is 10.3. The van der Waals surface area contributed by atoms with Gasteiger partial charge < -0.3 is 15.5 Å². The molecule has 0 aliphatic heterocycles. The minimum atomic E-state index is -0.132. The van der Waals surface area contributed by atoms with Crippen LogP contribution in [0.15, 0.2) is 41.3 Å². The predicted molar refractivity (Wildman–Crippen MR) is 63.5 cm³/mol. The van der Waals surface area contributed by atoms with E-state index in [1.165, 1.54) is 0 Å². The van der Waals surface area contributed by atoms with Crippen molar-refractivity contribution in [1.29, 1.82) is 0 Å². The quantitative estimate of drug-likeness (QED) is 0.750. The van der Waals surface area contributed by atoms with E-state index in [0.29, 0.717) is 17.0 Å². The fraction of sp³-hybridized carbons (Fsp3) is 0.0833. The minimum absolute atomic E-state index is 0.132. The molecule has 0 radical (unpaired) electrons. The Bertz CT molecular complexity index is 561. The average Bonchev–Trinajstić information content (AvgIpc) is 2.29. The number of aromatic amines is 1. The molecule has 2 rings (SSSR count). The highest BCUT2D eigenvalue weighted by atomic mass is 16.5. The third kappa shape index (κ3) is 1.77. The largest absolute Gasteiger partial charge is 0.495 e. The molecule has 0 amide bonds. The predicted octanol–water partition coefficient (Wildman–Crippen LogP) is 1.63. The number of hydrogen-bond donors (Lipinski definition) is 2. The zero-order valence-electron chi connectivity index (χ0n) is 8.86. The van der Waals surface area contributed by atoms with Gasteiger partial charge in [0.05, 0.1) is 12.8 Å². The molecule has 0 unspecified atom stereocenters. The molecule has 0 saturated heterocycles. The van der Waals surface area contributed by atoms with Gasteiger partial charge in [-0.1, -0.05) is 6.07 Å². The van der Waals surface area contributed by atoms with E-state index in [1.54, 1.807) is 43.6 Å². The first-order valence-electron chi connectivity index (χ1n) is 4.84. The molecule has 0 atom stereocenters. The monoisotopic (exact) mass is 216 g/mol. The summed E-state index contributed by atoms with van der Waals surface area (Å²) >= 11 is 0. The van der Waals surface area contributed by atoms with Crippen molar-refractivity contribution < 1.29 is 4.74 Å². The summed E-state index contributed by atoms with van der Waals surface area (Å²) in [4.78, 5) is 14.2. The van der Waals surface area contributed by atoms with E-state index >= 15 is 0 Å². The first-order valence-corrected chi connectivity index (χ1v) is 4.84. The number of nitrogens with two attached hydrogens (primary N) is 1. The highest BCUT2D eigenvalue weighted by Gasteiger charge is 2.05. The lowest BCUT2D eigenvalue weighted by molar-refractivity contribution is 0.417. The number of methoxy groups -OCH3 is 1. The number of hydrogen-bond acceptors (Lipinski definition) is 3. The van der Waals surface area contributed by atoms with Crippen molar-refractivity contribution in [2.45, 2.75) is 0 Å². The van der Waals surface area contributed by atoms with E-state index in [9.17, 15) is 4.79 Å². The minimum Gasteiger partial charge on any atom is -0.495 e. The summed E-state index contributed by atoms with van der Waals surface area (Å²) in [6.45, 7) is 0. The van der Waals surface area contributed by atoms with Gasteiger partial charge in [0.15, 0.2) is 0 Å². The summed E-state index contributed by atoms with van der Waals surface area (Å²) < 4.78 is 5.06. The Kier molecular flexibility index (Phi) is 2.64. The fourth-order valence-electron chi connectivity index (χ4n) is 1.55. The number of ether oxygens (including phenoxy) is 1. The molecule has 2 aromatic rings. The van der Waals surface area contributed by atoms with Gasteiger partial charge in [-0.3, -0.25) is 4.79 Å². The van der Waals surface area contributed by atoms with Crippen LogP contribution in [0.5, 0.6) is 5.75 Å². The van der Waals surface area contributed by atoms with Crippen LogP contribution in [0, 0.1) is 0 Å². The Hall–Kier alpha value is -2.23. The van der Waals surface area contributed by atoms with Gasteiger partial charge in [0.2, 0.25) is 0 Å². The molecule has 0 aliphatic carbocycles. The SMILES string of the molecule is COc1ccc(-c2ccc[nH]c2=O)cc1N. The number of anilines is 1. The van der Waals surface area contributed by atoms with Crippen LogP contribution in [0.25, 0.3) is 11.1 Å². The van der Waals surface area contributed by atoms with Crippen molar-refractivity contribution in [3.8, 4) is 16.9 Å². The second kappa shape index (κ2) is 4.10. The van der Waals surface area contributed by atoms with Gasteiger partial charge in [0.25, 0.3) is 5.56 Å². The number of H-pyrrole nitrogens is 1. The molecule has 1 heterocycles. The lowest BCUT2D eigenvalue weighted by atomic mass is 10.1. The summed E-state index contributed by atoms with van der Waals surface area (Å²) in [5, 5.41) is 0. The van der Waals surface area contributed by atoms with E-state index in [0.717, 1.165) is 5.56 Å². The lowest BCUT2D eigenvalue weighted by Crippen LogP contribution is -2.07. The maximum Gasteiger partial charge on any atom is 0.255 e. The average molecular weight is 216 g/mol.